The SMILES string of the molecule is COC(=O)C1SC(n2cnc3ccc(F)cc32)=CC1OCc1ccccc1C. The molecular weight excluding hydrogens is 379 g/mol. The molecule has 1 aromatic heterocycles. The fraction of sp³-hybridized carbons (Fsp3) is 0.238. The number of hydrogen-bond acceptors (Lipinski definition) is 5. The maximum absolute atomic E-state index is 13.7. The van der Waals surface area contributed by atoms with E-state index in [4.69, 9.17) is 9.47 Å². The Bertz CT molecular complexity index is 1060. The molecule has 0 saturated carbocycles. The molecule has 5 nitrogen and oxygen atoms in total. The summed E-state index contributed by atoms with van der Waals surface area (Å²) in [5.74, 6) is -0.698. The smallest absolute Gasteiger partial charge is 0.322 e. The summed E-state index contributed by atoms with van der Waals surface area (Å²) in [5.41, 5.74) is 3.51. The van der Waals surface area contributed by atoms with Gasteiger partial charge in [0.15, 0.2) is 0 Å². The predicted molar refractivity (Wildman–Crippen MR) is 107 cm³/mol. The number of imidazole rings is 1. The second-order valence-corrected chi connectivity index (χ2v) is 7.68. The molecule has 28 heavy (non-hydrogen) atoms. The number of aromatic nitrogens is 2. The molecule has 0 aliphatic carbocycles. The van der Waals surface area contributed by atoms with Crippen molar-refractivity contribution >= 4 is 33.8 Å². The van der Waals surface area contributed by atoms with Crippen molar-refractivity contribution in [1.82, 2.24) is 9.55 Å². The summed E-state index contributed by atoms with van der Waals surface area (Å²) in [6, 6.07) is 12.4. The normalized spacial score (nSPS) is 19.0. The molecule has 2 unspecified atom stereocenters. The molecule has 2 atom stereocenters. The van der Waals surface area contributed by atoms with Gasteiger partial charge in [0, 0.05) is 6.07 Å². The lowest BCUT2D eigenvalue weighted by molar-refractivity contribution is -0.142. The Morgan fingerprint density at radius 3 is 2.89 bits per heavy atom. The third kappa shape index (κ3) is 3.55. The van der Waals surface area contributed by atoms with Crippen molar-refractivity contribution in [2.45, 2.75) is 24.9 Å². The highest BCUT2D eigenvalue weighted by Crippen LogP contribution is 2.39. The zero-order valence-electron chi connectivity index (χ0n) is 15.5. The molecule has 4 rings (SSSR count). The number of fused-ring (bicyclic) bond motifs is 1. The van der Waals surface area contributed by atoms with Gasteiger partial charge in [-0.15, -0.1) is 0 Å². The lowest BCUT2D eigenvalue weighted by atomic mass is 10.1. The van der Waals surface area contributed by atoms with Gasteiger partial charge in [-0.05, 0) is 36.3 Å². The van der Waals surface area contributed by atoms with Crippen LogP contribution < -0.4 is 0 Å². The zero-order valence-corrected chi connectivity index (χ0v) is 16.3. The van der Waals surface area contributed by atoms with Crippen molar-refractivity contribution in [3.05, 3.63) is 71.8 Å². The summed E-state index contributed by atoms with van der Waals surface area (Å²) in [6.07, 6.45) is 3.04. The van der Waals surface area contributed by atoms with Crippen LogP contribution in [-0.4, -0.2) is 34.0 Å². The lowest BCUT2D eigenvalue weighted by Gasteiger charge is -2.17. The number of carbonyl (C=O) groups excluding carboxylic acids is 1. The van der Waals surface area contributed by atoms with Gasteiger partial charge >= 0.3 is 5.97 Å². The molecule has 144 valence electrons. The van der Waals surface area contributed by atoms with Crippen LogP contribution in [0.5, 0.6) is 0 Å². The van der Waals surface area contributed by atoms with Gasteiger partial charge in [0.1, 0.15) is 23.5 Å². The predicted octanol–water partition coefficient (Wildman–Crippen LogP) is 4.16. The maximum atomic E-state index is 13.7. The van der Waals surface area contributed by atoms with Gasteiger partial charge < -0.3 is 9.47 Å². The molecule has 2 heterocycles. The highest BCUT2D eigenvalue weighted by Gasteiger charge is 2.37. The Labute approximate surface area is 166 Å². The molecule has 0 radical (unpaired) electrons. The number of carbonyl (C=O) groups is 1. The first-order valence-electron chi connectivity index (χ1n) is 8.82. The minimum Gasteiger partial charge on any atom is -0.468 e. The van der Waals surface area contributed by atoms with E-state index in [1.807, 2.05) is 37.3 Å². The Morgan fingerprint density at radius 1 is 1.29 bits per heavy atom. The largest absolute Gasteiger partial charge is 0.468 e. The van der Waals surface area contributed by atoms with Crippen molar-refractivity contribution in [1.29, 1.82) is 0 Å². The fourth-order valence-corrected chi connectivity index (χ4v) is 4.37. The Kier molecular flexibility index (Phi) is 5.19. The standard InChI is InChI=1S/C21H19FN2O3S/c1-13-5-3-4-6-14(13)11-27-18-10-19(28-20(18)21(25)26-2)24-12-23-16-8-7-15(22)9-17(16)24/h3-10,12,18,20H,11H2,1-2H3. The third-order valence-corrected chi connectivity index (χ3v) is 6.01. The topological polar surface area (TPSA) is 53.4 Å². The van der Waals surface area contributed by atoms with Crippen LogP contribution in [0, 0.1) is 12.7 Å². The molecule has 7 heteroatoms. The zero-order chi connectivity index (χ0) is 19.7. The molecule has 0 fully saturated rings. The van der Waals surface area contributed by atoms with Crippen molar-refractivity contribution in [2.75, 3.05) is 7.11 Å². The van der Waals surface area contributed by atoms with Gasteiger partial charge in [-0.3, -0.25) is 9.36 Å². The number of hydrogen-bond donors (Lipinski definition) is 0. The van der Waals surface area contributed by atoms with Gasteiger partial charge in [0.25, 0.3) is 0 Å². The van der Waals surface area contributed by atoms with Crippen LogP contribution >= 0.6 is 11.8 Å². The van der Waals surface area contributed by atoms with Crippen molar-refractivity contribution < 1.29 is 18.7 Å². The number of ether oxygens (including phenoxy) is 2. The van der Waals surface area contributed by atoms with Gasteiger partial charge in [-0.25, -0.2) is 9.37 Å². The number of benzene rings is 2. The first kappa shape index (κ1) is 18.7. The first-order valence-corrected chi connectivity index (χ1v) is 9.70. The van der Waals surface area contributed by atoms with Crippen LogP contribution in [0.15, 0.2) is 54.9 Å². The van der Waals surface area contributed by atoms with Gasteiger partial charge in [-0.1, -0.05) is 36.0 Å². The molecule has 2 aromatic carbocycles. The summed E-state index contributed by atoms with van der Waals surface area (Å²) < 4.78 is 26.5. The van der Waals surface area contributed by atoms with Crippen molar-refractivity contribution in [2.24, 2.45) is 0 Å². The summed E-state index contributed by atoms with van der Waals surface area (Å²) in [5, 5.41) is 0.230. The third-order valence-electron chi connectivity index (χ3n) is 4.73. The minimum absolute atomic E-state index is 0.338. The second-order valence-electron chi connectivity index (χ2n) is 6.52. The van der Waals surface area contributed by atoms with E-state index in [1.54, 1.807) is 17.0 Å². The molecule has 3 aromatic rings. The van der Waals surface area contributed by atoms with E-state index >= 15 is 0 Å². The fourth-order valence-electron chi connectivity index (χ4n) is 3.15. The maximum Gasteiger partial charge on any atom is 0.322 e. The Balaban J connectivity index is 1.63. The van der Waals surface area contributed by atoms with Gasteiger partial charge in [-0.2, -0.15) is 0 Å². The van der Waals surface area contributed by atoms with Gasteiger partial charge in [0.2, 0.25) is 0 Å². The van der Waals surface area contributed by atoms with Crippen LogP contribution in [0.3, 0.4) is 0 Å². The highest BCUT2D eigenvalue weighted by atomic mass is 32.2. The molecular formula is C21H19FN2O3S. The minimum atomic E-state index is -0.532. The van der Waals surface area contributed by atoms with E-state index in [-0.39, 0.29) is 11.8 Å². The molecule has 0 saturated heterocycles. The number of nitrogens with zero attached hydrogens (tertiary/aromatic N) is 2. The molecule has 1 aliphatic rings. The van der Waals surface area contributed by atoms with Crippen molar-refractivity contribution in [3.63, 3.8) is 0 Å². The van der Waals surface area contributed by atoms with Crippen LogP contribution in [0.25, 0.3) is 16.1 Å². The van der Waals surface area contributed by atoms with Crippen molar-refractivity contribution in [3.8, 4) is 0 Å². The molecule has 1 aliphatic heterocycles. The first-order chi connectivity index (χ1) is 13.6. The second kappa shape index (κ2) is 7.77. The van der Waals surface area contributed by atoms with E-state index in [9.17, 15) is 9.18 Å². The molecule has 0 N–H and O–H groups in total. The number of methoxy groups -OCH3 is 1. The van der Waals surface area contributed by atoms with Crippen LogP contribution in [0.1, 0.15) is 11.1 Å². The van der Waals surface area contributed by atoms with Crippen LogP contribution in [-0.2, 0) is 20.9 Å². The van der Waals surface area contributed by atoms with E-state index in [0.29, 0.717) is 17.6 Å². The summed E-state index contributed by atoms with van der Waals surface area (Å²) >= 11 is 1.33. The van der Waals surface area contributed by atoms with E-state index in [0.717, 1.165) is 16.2 Å². The van der Waals surface area contributed by atoms with Gasteiger partial charge in [0.05, 0.1) is 29.8 Å². The number of halogens is 1. The quantitative estimate of drug-likeness (QED) is 0.604. The van der Waals surface area contributed by atoms with E-state index in [1.165, 1.54) is 31.0 Å². The lowest BCUT2D eigenvalue weighted by Crippen LogP contribution is -2.30. The number of rotatable bonds is 5. The number of thioether (sulfide) groups is 1. The molecule has 0 bridgehead atoms. The summed E-state index contributed by atoms with van der Waals surface area (Å²) in [6.45, 7) is 2.40. The summed E-state index contributed by atoms with van der Waals surface area (Å²) in [4.78, 5) is 16.6. The Morgan fingerprint density at radius 2 is 2.11 bits per heavy atom. The average Bonchev–Trinajstić information content (AvgIpc) is 3.30. The monoisotopic (exact) mass is 398 g/mol. The number of aryl methyl sites for hydroxylation is 1. The summed E-state index contributed by atoms with van der Waals surface area (Å²) in [7, 11) is 1.36. The highest BCUT2D eigenvalue weighted by molar-refractivity contribution is 8.09. The Hall–Kier alpha value is -2.64. The van der Waals surface area contributed by atoms with Crippen LogP contribution in [0.4, 0.5) is 4.39 Å². The van der Waals surface area contributed by atoms with Crippen LogP contribution in [0.2, 0.25) is 0 Å². The number of esters is 1. The molecule has 0 spiro atoms. The van der Waals surface area contributed by atoms with E-state index < -0.39 is 11.4 Å². The van der Waals surface area contributed by atoms with E-state index in [2.05, 4.69) is 4.98 Å². The average molecular weight is 398 g/mol. The molecule has 0 amide bonds.